The lowest BCUT2D eigenvalue weighted by atomic mass is 10.1. The van der Waals surface area contributed by atoms with Crippen LogP contribution in [-0.4, -0.2) is 13.0 Å². The van der Waals surface area contributed by atoms with Crippen LogP contribution in [0.25, 0.3) is 21.7 Å². The second-order valence-electron chi connectivity index (χ2n) is 4.35. The van der Waals surface area contributed by atoms with Crippen molar-refractivity contribution in [1.29, 1.82) is 0 Å². The first-order valence-corrected chi connectivity index (χ1v) is 5.96. The van der Waals surface area contributed by atoms with Crippen molar-refractivity contribution in [1.82, 2.24) is 5.48 Å². The fourth-order valence-electron chi connectivity index (χ4n) is 2.30. The molecule has 2 aromatic carbocycles. The van der Waals surface area contributed by atoms with Crippen LogP contribution in [-0.2, 0) is 4.84 Å². The Bertz CT molecular complexity index is 774. The van der Waals surface area contributed by atoms with E-state index in [0.717, 1.165) is 27.3 Å². The van der Waals surface area contributed by atoms with Gasteiger partial charge in [-0.3, -0.25) is 9.63 Å². The van der Waals surface area contributed by atoms with Gasteiger partial charge in [-0.1, -0.05) is 36.4 Å². The van der Waals surface area contributed by atoms with Crippen LogP contribution in [0.5, 0.6) is 0 Å². The van der Waals surface area contributed by atoms with Crippen molar-refractivity contribution in [3.63, 3.8) is 0 Å². The molecule has 0 bridgehead atoms. The standard InChI is InChI=1S/C15H13NO3/c1-9-11-8-7-10-5-3-4-6-12(10)14(11)19-13(9)15(17)16-18-2/h3-8H,1-2H3,(H,16,17). The summed E-state index contributed by atoms with van der Waals surface area (Å²) < 4.78 is 5.73. The molecule has 0 spiro atoms. The highest BCUT2D eigenvalue weighted by Gasteiger charge is 2.18. The molecule has 0 aliphatic carbocycles. The summed E-state index contributed by atoms with van der Waals surface area (Å²) in [6.07, 6.45) is 0. The number of carbonyl (C=O) groups excluding carboxylic acids is 1. The van der Waals surface area contributed by atoms with Gasteiger partial charge in [-0.2, -0.15) is 0 Å². The lowest BCUT2D eigenvalue weighted by Gasteiger charge is -1.98. The van der Waals surface area contributed by atoms with E-state index in [2.05, 4.69) is 10.3 Å². The molecular weight excluding hydrogens is 242 g/mol. The Kier molecular flexibility index (Phi) is 2.72. The number of furan rings is 1. The van der Waals surface area contributed by atoms with Crippen molar-refractivity contribution in [3.05, 3.63) is 47.7 Å². The van der Waals surface area contributed by atoms with Crippen molar-refractivity contribution < 1.29 is 14.0 Å². The maximum absolute atomic E-state index is 11.8. The third-order valence-electron chi connectivity index (χ3n) is 3.23. The smallest absolute Gasteiger partial charge is 0.310 e. The second kappa shape index (κ2) is 4.40. The van der Waals surface area contributed by atoms with Crippen molar-refractivity contribution in [2.75, 3.05) is 7.11 Å². The third kappa shape index (κ3) is 1.77. The molecule has 0 aliphatic rings. The molecule has 3 aromatic rings. The van der Waals surface area contributed by atoms with E-state index in [4.69, 9.17) is 4.42 Å². The zero-order valence-corrected chi connectivity index (χ0v) is 10.7. The van der Waals surface area contributed by atoms with E-state index in [-0.39, 0.29) is 11.7 Å². The number of fused-ring (bicyclic) bond motifs is 3. The molecule has 0 aliphatic heterocycles. The lowest BCUT2D eigenvalue weighted by molar-refractivity contribution is 0.0511. The van der Waals surface area contributed by atoms with Gasteiger partial charge in [0.15, 0.2) is 5.76 Å². The van der Waals surface area contributed by atoms with E-state index in [0.29, 0.717) is 0 Å². The summed E-state index contributed by atoms with van der Waals surface area (Å²) in [5, 5.41) is 3.03. The Labute approximate surface area is 109 Å². The summed E-state index contributed by atoms with van der Waals surface area (Å²) >= 11 is 0. The highest BCUT2D eigenvalue weighted by molar-refractivity contribution is 6.08. The number of benzene rings is 2. The summed E-state index contributed by atoms with van der Waals surface area (Å²) in [7, 11) is 1.39. The molecule has 0 saturated heterocycles. The molecule has 4 nitrogen and oxygen atoms in total. The number of hydrogen-bond acceptors (Lipinski definition) is 3. The summed E-state index contributed by atoms with van der Waals surface area (Å²) in [4.78, 5) is 16.5. The van der Waals surface area contributed by atoms with E-state index in [1.165, 1.54) is 7.11 Å². The molecule has 19 heavy (non-hydrogen) atoms. The first kappa shape index (κ1) is 11.7. The van der Waals surface area contributed by atoms with Gasteiger partial charge in [0.2, 0.25) is 0 Å². The predicted molar refractivity (Wildman–Crippen MR) is 72.9 cm³/mol. The van der Waals surface area contributed by atoms with Crippen LogP contribution in [0, 0.1) is 6.92 Å². The average molecular weight is 255 g/mol. The van der Waals surface area contributed by atoms with Gasteiger partial charge in [0.1, 0.15) is 5.58 Å². The molecule has 3 rings (SSSR count). The van der Waals surface area contributed by atoms with Crippen molar-refractivity contribution in [2.45, 2.75) is 6.92 Å². The molecule has 4 heteroatoms. The van der Waals surface area contributed by atoms with Crippen molar-refractivity contribution in [2.24, 2.45) is 0 Å². The zero-order chi connectivity index (χ0) is 13.4. The summed E-state index contributed by atoms with van der Waals surface area (Å²) in [6.45, 7) is 1.87. The molecular formula is C15H13NO3. The molecule has 96 valence electrons. The molecule has 0 unspecified atom stereocenters. The van der Waals surface area contributed by atoms with Crippen LogP contribution >= 0.6 is 0 Å². The van der Waals surface area contributed by atoms with Crippen LogP contribution in [0.1, 0.15) is 16.1 Å². The maximum atomic E-state index is 11.8. The number of aryl methyl sites for hydroxylation is 1. The van der Waals surface area contributed by atoms with E-state index < -0.39 is 0 Å². The van der Waals surface area contributed by atoms with Crippen LogP contribution < -0.4 is 5.48 Å². The normalized spacial score (nSPS) is 11.1. The fourth-order valence-corrected chi connectivity index (χ4v) is 2.30. The Balaban J connectivity index is 2.30. The molecule has 0 radical (unpaired) electrons. The van der Waals surface area contributed by atoms with E-state index in [1.54, 1.807) is 0 Å². The van der Waals surface area contributed by atoms with E-state index >= 15 is 0 Å². The van der Waals surface area contributed by atoms with E-state index in [9.17, 15) is 4.79 Å². The van der Waals surface area contributed by atoms with E-state index in [1.807, 2.05) is 43.3 Å². The average Bonchev–Trinajstić information content (AvgIpc) is 2.77. The second-order valence-corrected chi connectivity index (χ2v) is 4.35. The van der Waals surface area contributed by atoms with Crippen LogP contribution in [0.3, 0.4) is 0 Å². The third-order valence-corrected chi connectivity index (χ3v) is 3.23. The molecule has 0 atom stereocenters. The summed E-state index contributed by atoms with van der Waals surface area (Å²) in [6, 6.07) is 11.9. The minimum Gasteiger partial charge on any atom is -0.450 e. The number of rotatable bonds is 2. The van der Waals surface area contributed by atoms with Gasteiger partial charge < -0.3 is 4.42 Å². The Hall–Kier alpha value is -2.33. The molecule has 1 heterocycles. The molecule has 1 aromatic heterocycles. The number of hydroxylamine groups is 1. The van der Waals surface area contributed by atoms with Gasteiger partial charge in [-0.25, -0.2) is 5.48 Å². The van der Waals surface area contributed by atoms with Crippen LogP contribution in [0.4, 0.5) is 0 Å². The van der Waals surface area contributed by atoms with Gasteiger partial charge in [-0.15, -0.1) is 0 Å². The van der Waals surface area contributed by atoms with Crippen molar-refractivity contribution >= 4 is 27.6 Å². The Morgan fingerprint density at radius 3 is 2.74 bits per heavy atom. The molecule has 1 N–H and O–H groups in total. The van der Waals surface area contributed by atoms with Gasteiger partial charge in [0.25, 0.3) is 0 Å². The molecule has 1 amide bonds. The number of amides is 1. The zero-order valence-electron chi connectivity index (χ0n) is 10.7. The van der Waals surface area contributed by atoms with Gasteiger partial charge in [0.05, 0.1) is 7.11 Å². The highest BCUT2D eigenvalue weighted by Crippen LogP contribution is 2.31. The quantitative estimate of drug-likeness (QED) is 0.715. The van der Waals surface area contributed by atoms with Crippen LogP contribution in [0.15, 0.2) is 40.8 Å². The Morgan fingerprint density at radius 1 is 1.16 bits per heavy atom. The van der Waals surface area contributed by atoms with Gasteiger partial charge >= 0.3 is 5.91 Å². The maximum Gasteiger partial charge on any atom is 0.310 e. The minimum atomic E-state index is -0.375. The number of hydrogen-bond donors (Lipinski definition) is 1. The molecule has 0 saturated carbocycles. The largest absolute Gasteiger partial charge is 0.450 e. The summed E-state index contributed by atoms with van der Waals surface area (Å²) in [5.74, 6) is -0.0894. The van der Waals surface area contributed by atoms with Crippen molar-refractivity contribution in [3.8, 4) is 0 Å². The topological polar surface area (TPSA) is 51.5 Å². The SMILES string of the molecule is CONC(=O)c1oc2c(ccc3ccccc32)c1C. The fraction of sp³-hybridized carbons (Fsp3) is 0.133. The lowest BCUT2D eigenvalue weighted by Crippen LogP contribution is -2.21. The summed E-state index contributed by atoms with van der Waals surface area (Å²) in [5.41, 5.74) is 3.83. The first-order valence-electron chi connectivity index (χ1n) is 5.96. The number of carbonyl (C=O) groups is 1. The predicted octanol–water partition coefficient (Wildman–Crippen LogP) is 3.19. The van der Waals surface area contributed by atoms with Gasteiger partial charge in [-0.05, 0) is 12.3 Å². The monoisotopic (exact) mass is 255 g/mol. The Morgan fingerprint density at radius 2 is 1.95 bits per heavy atom. The minimum absolute atomic E-state index is 0.285. The number of nitrogens with one attached hydrogen (secondary N) is 1. The molecule has 0 fully saturated rings. The highest BCUT2D eigenvalue weighted by atomic mass is 16.6. The first-order chi connectivity index (χ1) is 9.22. The van der Waals surface area contributed by atoms with Crippen LogP contribution in [0.2, 0.25) is 0 Å². The van der Waals surface area contributed by atoms with Gasteiger partial charge in [0, 0.05) is 16.3 Å².